The van der Waals surface area contributed by atoms with Gasteiger partial charge in [0.25, 0.3) is 0 Å². The first-order valence-electron chi connectivity index (χ1n) is 10.1. The Morgan fingerprint density at radius 2 is 1.66 bits per heavy atom. The lowest BCUT2D eigenvalue weighted by atomic mass is 9.98. The van der Waals surface area contributed by atoms with Crippen molar-refractivity contribution in [3.8, 4) is 11.1 Å². The number of hydrogen-bond donors (Lipinski definition) is 2. The quantitative estimate of drug-likeness (QED) is 0.610. The Morgan fingerprint density at radius 3 is 2.19 bits per heavy atom. The fraction of sp³-hybridized carbons (Fsp3) is 0.292. The van der Waals surface area contributed by atoms with Gasteiger partial charge in [-0.25, -0.2) is 14.4 Å². The maximum absolute atomic E-state index is 12.5. The van der Waals surface area contributed by atoms with E-state index in [1.165, 1.54) is 20.0 Å². The highest BCUT2D eigenvalue weighted by Crippen LogP contribution is 2.44. The first-order valence-corrected chi connectivity index (χ1v) is 10.1. The number of carboxylic acids is 1. The first-order chi connectivity index (χ1) is 15.3. The minimum Gasteiger partial charge on any atom is -0.479 e. The van der Waals surface area contributed by atoms with E-state index in [1.807, 2.05) is 48.5 Å². The number of hydrogen-bond acceptors (Lipinski definition) is 5. The minimum absolute atomic E-state index is 0.00718. The molecule has 0 spiro atoms. The number of rotatable bonds is 8. The van der Waals surface area contributed by atoms with Gasteiger partial charge in [-0.05, 0) is 29.2 Å². The number of aliphatic carboxylic acids is 1. The molecule has 0 fully saturated rings. The van der Waals surface area contributed by atoms with E-state index in [1.54, 1.807) is 0 Å². The van der Waals surface area contributed by atoms with E-state index in [9.17, 15) is 19.5 Å². The van der Waals surface area contributed by atoms with Crippen molar-refractivity contribution >= 4 is 18.2 Å². The third-order valence-electron chi connectivity index (χ3n) is 5.38. The molecule has 1 aliphatic carbocycles. The van der Waals surface area contributed by atoms with E-state index in [2.05, 4.69) is 11.9 Å². The largest absolute Gasteiger partial charge is 0.479 e. The van der Waals surface area contributed by atoms with Gasteiger partial charge in [0.05, 0.1) is 6.54 Å². The van der Waals surface area contributed by atoms with E-state index in [-0.39, 0.29) is 25.7 Å². The van der Waals surface area contributed by atoms with Gasteiger partial charge in [-0.3, -0.25) is 0 Å². The van der Waals surface area contributed by atoms with Gasteiger partial charge < -0.3 is 24.8 Å². The van der Waals surface area contributed by atoms with Gasteiger partial charge in [0.2, 0.25) is 0 Å². The van der Waals surface area contributed by atoms with Crippen molar-refractivity contribution in [2.75, 3.05) is 26.8 Å². The summed E-state index contributed by atoms with van der Waals surface area (Å²) < 4.78 is 10.3. The van der Waals surface area contributed by atoms with Crippen LogP contribution >= 0.6 is 0 Å². The molecule has 2 amide bonds. The Kier molecular flexibility index (Phi) is 6.82. The summed E-state index contributed by atoms with van der Waals surface area (Å²) in [6.45, 7) is 4.48. The highest BCUT2D eigenvalue weighted by molar-refractivity contribution is 5.85. The summed E-state index contributed by atoms with van der Waals surface area (Å²) in [6, 6.07) is 15.8. The average molecular weight is 438 g/mol. The molecule has 2 N–H and O–H groups in total. The Morgan fingerprint density at radius 1 is 1.09 bits per heavy atom. The van der Waals surface area contributed by atoms with Gasteiger partial charge >= 0.3 is 18.2 Å². The zero-order chi connectivity index (χ0) is 23.3. The molecule has 1 aliphatic rings. The van der Waals surface area contributed by atoms with E-state index in [0.29, 0.717) is 0 Å². The molecular formula is C24H26N2O6. The summed E-state index contributed by atoms with van der Waals surface area (Å²) in [5.41, 5.74) is 2.50. The van der Waals surface area contributed by atoms with Crippen LogP contribution in [0, 0.1) is 0 Å². The summed E-state index contributed by atoms with van der Waals surface area (Å²) in [4.78, 5) is 37.4. The van der Waals surface area contributed by atoms with E-state index in [4.69, 9.17) is 9.47 Å². The lowest BCUT2D eigenvalue weighted by Crippen LogP contribution is -2.59. The minimum atomic E-state index is -1.77. The second-order valence-corrected chi connectivity index (χ2v) is 7.81. The number of ether oxygens (including phenoxy) is 2. The molecule has 2 aromatic carbocycles. The molecule has 0 saturated carbocycles. The van der Waals surface area contributed by atoms with Crippen molar-refractivity contribution in [2.45, 2.75) is 18.4 Å². The smallest absolute Gasteiger partial charge is 0.409 e. The van der Waals surface area contributed by atoms with Crippen LogP contribution in [0.5, 0.6) is 0 Å². The maximum atomic E-state index is 12.5. The Bertz CT molecular complexity index is 991. The van der Waals surface area contributed by atoms with E-state index in [0.717, 1.165) is 27.2 Å². The number of likely N-dealkylation sites (N-methyl/N-ethyl adjacent to an activating group) is 1. The number of amides is 2. The molecule has 0 aromatic heterocycles. The van der Waals surface area contributed by atoms with Crippen molar-refractivity contribution in [3.63, 3.8) is 0 Å². The topological polar surface area (TPSA) is 105 Å². The molecule has 0 saturated heterocycles. The zero-order valence-electron chi connectivity index (χ0n) is 18.0. The molecule has 0 aliphatic heterocycles. The average Bonchev–Trinajstić information content (AvgIpc) is 3.09. The first kappa shape index (κ1) is 22.9. The third-order valence-corrected chi connectivity index (χ3v) is 5.38. The van der Waals surface area contributed by atoms with Gasteiger partial charge in [-0.15, -0.1) is 0 Å². The van der Waals surface area contributed by atoms with Gasteiger partial charge in [0.1, 0.15) is 13.2 Å². The molecule has 0 bridgehead atoms. The Balaban J connectivity index is 1.67. The second kappa shape index (κ2) is 9.55. The van der Waals surface area contributed by atoms with Gasteiger partial charge in [-0.2, -0.15) is 0 Å². The van der Waals surface area contributed by atoms with Gasteiger partial charge in [0, 0.05) is 13.0 Å². The molecule has 3 rings (SSSR count). The van der Waals surface area contributed by atoms with Crippen LogP contribution in [0.25, 0.3) is 11.1 Å². The monoisotopic (exact) mass is 438 g/mol. The van der Waals surface area contributed by atoms with Crippen LogP contribution in [0.15, 0.2) is 61.2 Å². The van der Waals surface area contributed by atoms with Crippen LogP contribution in [0.4, 0.5) is 9.59 Å². The van der Waals surface area contributed by atoms with E-state index >= 15 is 0 Å². The van der Waals surface area contributed by atoms with Crippen molar-refractivity contribution in [3.05, 3.63) is 72.3 Å². The molecule has 0 radical (unpaired) electrons. The lowest BCUT2D eigenvalue weighted by molar-refractivity contribution is -0.144. The van der Waals surface area contributed by atoms with Crippen LogP contribution in [-0.2, 0) is 14.3 Å². The second-order valence-electron chi connectivity index (χ2n) is 7.81. The number of nitrogens with one attached hydrogen (secondary N) is 1. The number of alkyl carbamates (subject to hydrolysis) is 1. The number of benzene rings is 2. The number of fused-ring (bicyclic) bond motifs is 3. The normalized spacial score (nSPS) is 13.8. The Hall–Kier alpha value is -3.81. The number of carbonyl (C=O) groups excluding carboxylic acids is 2. The van der Waals surface area contributed by atoms with Crippen molar-refractivity contribution in [1.29, 1.82) is 0 Å². The SMILES string of the molecule is C=CCOC(=O)N(C)C[C@](C)(NC(=O)OCC1c2ccccc2-c2ccccc21)C(=O)O. The molecule has 0 heterocycles. The highest BCUT2D eigenvalue weighted by atomic mass is 16.6. The van der Waals surface area contributed by atoms with Crippen molar-refractivity contribution < 1.29 is 29.0 Å². The number of nitrogens with zero attached hydrogens (tertiary/aromatic N) is 1. The van der Waals surface area contributed by atoms with Gasteiger partial charge in [-0.1, -0.05) is 61.2 Å². The predicted molar refractivity (Wildman–Crippen MR) is 118 cm³/mol. The van der Waals surface area contributed by atoms with Crippen molar-refractivity contribution in [1.82, 2.24) is 10.2 Å². The fourth-order valence-corrected chi connectivity index (χ4v) is 3.80. The fourth-order valence-electron chi connectivity index (χ4n) is 3.80. The Labute approximate surface area is 186 Å². The highest BCUT2D eigenvalue weighted by Gasteiger charge is 2.39. The maximum Gasteiger partial charge on any atom is 0.409 e. The summed E-state index contributed by atoms with van der Waals surface area (Å²) >= 11 is 0. The van der Waals surface area contributed by atoms with Crippen molar-refractivity contribution in [2.24, 2.45) is 0 Å². The molecule has 32 heavy (non-hydrogen) atoms. The number of carboxylic acid groups (broad SMARTS) is 1. The van der Waals surface area contributed by atoms with Crippen LogP contribution in [0.3, 0.4) is 0 Å². The van der Waals surface area contributed by atoms with Crippen LogP contribution in [0.1, 0.15) is 24.0 Å². The third kappa shape index (κ3) is 4.74. The zero-order valence-corrected chi connectivity index (χ0v) is 18.0. The molecule has 8 heteroatoms. The lowest BCUT2D eigenvalue weighted by Gasteiger charge is -2.30. The van der Waals surface area contributed by atoms with Crippen LogP contribution in [0.2, 0.25) is 0 Å². The number of carbonyl (C=O) groups is 3. The standard InChI is InChI=1S/C24H26N2O6/c1-4-13-31-23(30)26(3)15-24(2,21(27)28)25-22(29)32-14-20-18-11-7-5-9-16(18)17-10-6-8-12-19(17)20/h4-12,20H,1,13-15H2,2-3H3,(H,25,29)(H,27,28)/t24-/m0/s1. The summed E-state index contributed by atoms with van der Waals surface area (Å²) in [5, 5.41) is 12.0. The van der Waals surface area contributed by atoms with Gasteiger partial charge in [0.15, 0.2) is 5.54 Å². The molecule has 8 nitrogen and oxygen atoms in total. The molecule has 2 aromatic rings. The summed E-state index contributed by atoms with van der Waals surface area (Å²) in [6.07, 6.45) is -0.215. The predicted octanol–water partition coefficient (Wildman–Crippen LogP) is 3.62. The van der Waals surface area contributed by atoms with Crippen LogP contribution < -0.4 is 5.32 Å². The van der Waals surface area contributed by atoms with E-state index < -0.39 is 23.7 Å². The summed E-state index contributed by atoms with van der Waals surface area (Å²) in [7, 11) is 1.38. The molecule has 1 atom stereocenters. The van der Waals surface area contributed by atoms with Crippen LogP contribution in [-0.4, -0.2) is 60.5 Å². The molecule has 0 unspecified atom stereocenters. The molecular weight excluding hydrogens is 412 g/mol. The molecule has 168 valence electrons. The summed E-state index contributed by atoms with van der Waals surface area (Å²) in [5.74, 6) is -1.46.